The highest BCUT2D eigenvalue weighted by Crippen LogP contribution is 2.24. The second kappa shape index (κ2) is 5.45. The highest BCUT2D eigenvalue weighted by atomic mass is 35.5. The zero-order valence-corrected chi connectivity index (χ0v) is 12.4. The van der Waals surface area contributed by atoms with Gasteiger partial charge in [0.1, 0.15) is 0 Å². The number of Topliss-reactive ketones (excluding diaryl/α,β-unsaturated/α-hetero) is 1. The zero-order chi connectivity index (χ0) is 14.1. The maximum atomic E-state index is 12.0. The van der Waals surface area contributed by atoms with E-state index in [2.05, 4.69) is 22.9 Å². The van der Waals surface area contributed by atoms with E-state index in [-0.39, 0.29) is 5.78 Å². The van der Waals surface area contributed by atoms with Crippen LogP contribution in [0.4, 0.5) is 0 Å². The molecular formula is C17H18ClNO. The van der Waals surface area contributed by atoms with Gasteiger partial charge in [-0.05, 0) is 48.9 Å². The van der Waals surface area contributed by atoms with Crippen molar-refractivity contribution in [1.82, 2.24) is 4.57 Å². The lowest BCUT2D eigenvalue weighted by molar-refractivity contribution is 0.0982. The Balaban J connectivity index is 1.88. The number of hydrogen-bond acceptors (Lipinski definition) is 1. The maximum absolute atomic E-state index is 12.0. The Bertz CT molecular complexity index is 657. The topological polar surface area (TPSA) is 22.0 Å². The van der Waals surface area contributed by atoms with E-state index < -0.39 is 0 Å². The van der Waals surface area contributed by atoms with Crippen molar-refractivity contribution in [3.63, 3.8) is 0 Å². The number of ketones is 1. The quantitative estimate of drug-likeness (QED) is 0.750. The van der Waals surface area contributed by atoms with Gasteiger partial charge < -0.3 is 4.57 Å². The Labute approximate surface area is 124 Å². The second-order valence-corrected chi connectivity index (χ2v) is 6.00. The van der Waals surface area contributed by atoms with Gasteiger partial charge in [-0.25, -0.2) is 0 Å². The Kier molecular flexibility index (Phi) is 3.66. The first-order chi connectivity index (χ1) is 9.63. The molecule has 0 N–H and O–H groups in total. The molecule has 1 aromatic heterocycles. The van der Waals surface area contributed by atoms with Gasteiger partial charge in [-0.1, -0.05) is 23.7 Å². The van der Waals surface area contributed by atoms with Crippen molar-refractivity contribution in [2.24, 2.45) is 0 Å². The Hall–Kier alpha value is -1.54. The van der Waals surface area contributed by atoms with Crippen LogP contribution in [-0.4, -0.2) is 10.4 Å². The first-order valence-electron chi connectivity index (χ1n) is 7.10. The van der Waals surface area contributed by atoms with Crippen LogP contribution in [0.1, 0.15) is 46.3 Å². The molecule has 0 amide bonds. The molecule has 104 valence electrons. The predicted octanol–water partition coefficient (Wildman–Crippen LogP) is 4.41. The predicted molar refractivity (Wildman–Crippen MR) is 81.6 cm³/mol. The maximum Gasteiger partial charge on any atom is 0.164 e. The molecule has 1 aromatic carbocycles. The summed E-state index contributed by atoms with van der Waals surface area (Å²) in [6.45, 7) is 2.76. The van der Waals surface area contributed by atoms with E-state index in [1.165, 1.54) is 5.56 Å². The van der Waals surface area contributed by atoms with Crippen molar-refractivity contribution in [2.75, 3.05) is 0 Å². The minimum atomic E-state index is 0.284. The number of nitrogens with zero attached hydrogens (tertiary/aromatic N) is 1. The van der Waals surface area contributed by atoms with Gasteiger partial charge in [0.15, 0.2) is 5.78 Å². The number of aromatic nitrogens is 1. The van der Waals surface area contributed by atoms with Crippen LogP contribution in [0.5, 0.6) is 0 Å². The van der Waals surface area contributed by atoms with Gasteiger partial charge in [0, 0.05) is 35.9 Å². The van der Waals surface area contributed by atoms with Crippen molar-refractivity contribution in [3.8, 4) is 0 Å². The summed E-state index contributed by atoms with van der Waals surface area (Å²) in [6, 6.07) is 6.11. The summed E-state index contributed by atoms with van der Waals surface area (Å²) in [7, 11) is 0. The molecule has 0 aliphatic heterocycles. The van der Waals surface area contributed by atoms with E-state index in [1.807, 2.05) is 19.2 Å². The summed E-state index contributed by atoms with van der Waals surface area (Å²) >= 11 is 6.28. The minimum Gasteiger partial charge on any atom is -0.349 e. The SMILES string of the molecule is Cc1ccc(Cn2cc3c(c2)C(=O)CCCC3)c(Cl)c1. The standard InChI is InChI=1S/C17H18ClNO/c1-12-6-7-14(16(18)8-12)10-19-9-13-4-2-3-5-17(20)15(13)11-19/h6-9,11H,2-5,10H2,1H3. The number of benzene rings is 1. The molecule has 0 atom stereocenters. The van der Waals surface area contributed by atoms with Crippen LogP contribution >= 0.6 is 11.6 Å². The molecule has 0 fully saturated rings. The van der Waals surface area contributed by atoms with Gasteiger partial charge in [-0.3, -0.25) is 4.79 Å². The zero-order valence-electron chi connectivity index (χ0n) is 11.7. The van der Waals surface area contributed by atoms with Crippen LogP contribution in [-0.2, 0) is 13.0 Å². The second-order valence-electron chi connectivity index (χ2n) is 5.59. The van der Waals surface area contributed by atoms with Gasteiger partial charge in [0.25, 0.3) is 0 Å². The van der Waals surface area contributed by atoms with E-state index in [0.717, 1.165) is 47.5 Å². The van der Waals surface area contributed by atoms with E-state index in [1.54, 1.807) is 0 Å². The molecule has 0 unspecified atom stereocenters. The summed E-state index contributed by atoms with van der Waals surface area (Å²) in [6.07, 6.45) is 7.90. The number of halogens is 1. The van der Waals surface area contributed by atoms with Crippen LogP contribution in [0.3, 0.4) is 0 Å². The minimum absolute atomic E-state index is 0.284. The fourth-order valence-electron chi connectivity index (χ4n) is 2.81. The van der Waals surface area contributed by atoms with Crippen molar-refractivity contribution in [2.45, 2.75) is 39.2 Å². The Morgan fingerprint density at radius 1 is 1.20 bits per heavy atom. The van der Waals surface area contributed by atoms with Crippen LogP contribution in [0.2, 0.25) is 5.02 Å². The van der Waals surface area contributed by atoms with Crippen LogP contribution in [0.25, 0.3) is 0 Å². The fraction of sp³-hybridized carbons (Fsp3) is 0.353. The number of hydrogen-bond donors (Lipinski definition) is 0. The van der Waals surface area contributed by atoms with Gasteiger partial charge in [-0.15, -0.1) is 0 Å². The first-order valence-corrected chi connectivity index (χ1v) is 7.48. The molecule has 1 aliphatic carbocycles. The summed E-state index contributed by atoms with van der Waals surface area (Å²) in [5, 5.41) is 0.792. The van der Waals surface area contributed by atoms with E-state index in [0.29, 0.717) is 6.42 Å². The van der Waals surface area contributed by atoms with E-state index in [9.17, 15) is 4.79 Å². The number of carbonyl (C=O) groups is 1. The summed E-state index contributed by atoms with van der Waals surface area (Å²) in [5.74, 6) is 0.284. The van der Waals surface area contributed by atoms with Gasteiger partial charge in [0.05, 0.1) is 0 Å². The lowest BCUT2D eigenvalue weighted by Crippen LogP contribution is -1.99. The third-order valence-electron chi connectivity index (χ3n) is 3.92. The monoisotopic (exact) mass is 287 g/mol. The molecule has 3 heteroatoms. The van der Waals surface area contributed by atoms with Gasteiger partial charge in [-0.2, -0.15) is 0 Å². The highest BCUT2D eigenvalue weighted by molar-refractivity contribution is 6.31. The Morgan fingerprint density at radius 2 is 2.00 bits per heavy atom. The van der Waals surface area contributed by atoms with Crippen molar-refractivity contribution < 1.29 is 4.79 Å². The molecule has 0 radical (unpaired) electrons. The first kappa shape index (κ1) is 13.4. The van der Waals surface area contributed by atoms with Crippen molar-refractivity contribution >= 4 is 17.4 Å². The third kappa shape index (κ3) is 2.66. The molecule has 0 bridgehead atoms. The molecule has 0 saturated carbocycles. The number of rotatable bonds is 2. The Morgan fingerprint density at radius 3 is 2.80 bits per heavy atom. The normalized spacial score (nSPS) is 15.0. The van der Waals surface area contributed by atoms with E-state index in [4.69, 9.17) is 11.6 Å². The van der Waals surface area contributed by atoms with Crippen LogP contribution < -0.4 is 0 Å². The number of aryl methyl sites for hydroxylation is 2. The summed E-state index contributed by atoms with van der Waals surface area (Å²) in [5.41, 5.74) is 4.36. The third-order valence-corrected chi connectivity index (χ3v) is 4.28. The fourth-order valence-corrected chi connectivity index (χ4v) is 3.11. The van der Waals surface area contributed by atoms with Crippen LogP contribution in [0, 0.1) is 6.92 Å². The van der Waals surface area contributed by atoms with Crippen LogP contribution in [0.15, 0.2) is 30.6 Å². The molecule has 20 heavy (non-hydrogen) atoms. The molecular weight excluding hydrogens is 270 g/mol. The molecule has 0 saturated heterocycles. The highest BCUT2D eigenvalue weighted by Gasteiger charge is 2.17. The van der Waals surface area contributed by atoms with Crippen molar-refractivity contribution in [1.29, 1.82) is 0 Å². The smallest absolute Gasteiger partial charge is 0.164 e. The van der Waals surface area contributed by atoms with E-state index >= 15 is 0 Å². The lowest BCUT2D eigenvalue weighted by Gasteiger charge is -2.06. The largest absolute Gasteiger partial charge is 0.349 e. The lowest BCUT2D eigenvalue weighted by atomic mass is 10.1. The van der Waals surface area contributed by atoms with Crippen molar-refractivity contribution in [3.05, 3.63) is 57.9 Å². The molecule has 1 aliphatic rings. The average Bonchev–Trinajstić information content (AvgIpc) is 2.73. The van der Waals surface area contributed by atoms with Gasteiger partial charge >= 0.3 is 0 Å². The average molecular weight is 288 g/mol. The summed E-state index contributed by atoms with van der Waals surface area (Å²) in [4.78, 5) is 12.0. The molecule has 2 nitrogen and oxygen atoms in total. The molecule has 2 aromatic rings. The molecule has 3 rings (SSSR count). The molecule has 0 spiro atoms. The molecule has 1 heterocycles. The number of carbonyl (C=O) groups excluding carboxylic acids is 1. The number of fused-ring (bicyclic) bond motifs is 1. The summed E-state index contributed by atoms with van der Waals surface area (Å²) < 4.78 is 2.09. The van der Waals surface area contributed by atoms with Gasteiger partial charge in [0.2, 0.25) is 0 Å².